The average molecular weight is 342 g/mol. The lowest BCUT2D eigenvalue weighted by Gasteiger charge is -2.29. The van der Waals surface area contributed by atoms with Gasteiger partial charge in [-0.25, -0.2) is 0 Å². The van der Waals surface area contributed by atoms with E-state index in [4.69, 9.17) is 0 Å². The van der Waals surface area contributed by atoms with Crippen molar-refractivity contribution in [2.45, 2.75) is 19.4 Å². The third-order valence-electron chi connectivity index (χ3n) is 3.75. The van der Waals surface area contributed by atoms with Crippen molar-refractivity contribution in [2.24, 2.45) is 5.92 Å². The Bertz CT molecular complexity index is 473. The molecule has 0 saturated carbocycles. The summed E-state index contributed by atoms with van der Waals surface area (Å²) in [7, 11) is 2.16. The van der Waals surface area contributed by atoms with Gasteiger partial charge >= 0.3 is 0 Å². The van der Waals surface area contributed by atoms with Crippen LogP contribution in [0.3, 0.4) is 0 Å². The number of benzene rings is 1. The Morgan fingerprint density at radius 3 is 2.75 bits per heavy atom. The fourth-order valence-electron chi connectivity index (χ4n) is 2.53. The van der Waals surface area contributed by atoms with E-state index in [0.29, 0.717) is 12.5 Å². The molecule has 0 aliphatic carbocycles. The number of piperidine rings is 1. The van der Waals surface area contributed by atoms with Gasteiger partial charge in [-0.05, 0) is 57.1 Å². The number of hydrogen-bond acceptors (Lipinski definition) is 4. The molecule has 1 aliphatic heterocycles. The van der Waals surface area contributed by atoms with Gasteiger partial charge in [0.05, 0.1) is 4.92 Å². The SMILES string of the molecule is CN1CCC(CNCc2cc(Br)cc([N+](=O)[O-])c2)CC1. The van der Waals surface area contributed by atoms with E-state index in [1.165, 1.54) is 18.9 Å². The summed E-state index contributed by atoms with van der Waals surface area (Å²) in [5.41, 5.74) is 1.08. The quantitative estimate of drug-likeness (QED) is 0.660. The Hall–Kier alpha value is -0.980. The maximum atomic E-state index is 10.8. The highest BCUT2D eigenvalue weighted by molar-refractivity contribution is 9.10. The Labute approximate surface area is 127 Å². The number of halogens is 1. The zero-order valence-corrected chi connectivity index (χ0v) is 13.2. The van der Waals surface area contributed by atoms with E-state index >= 15 is 0 Å². The standard InChI is InChI=1S/C14H20BrN3O2/c1-17-4-2-11(3-5-17)9-16-10-12-6-13(15)8-14(7-12)18(19)20/h6-8,11,16H,2-5,9-10H2,1H3. The van der Waals surface area contributed by atoms with Gasteiger partial charge in [0.25, 0.3) is 5.69 Å². The minimum atomic E-state index is -0.356. The van der Waals surface area contributed by atoms with Crippen molar-refractivity contribution in [3.8, 4) is 0 Å². The molecule has 1 aliphatic rings. The van der Waals surface area contributed by atoms with E-state index in [0.717, 1.165) is 29.7 Å². The first-order chi connectivity index (χ1) is 9.54. The highest BCUT2D eigenvalue weighted by Crippen LogP contribution is 2.21. The minimum absolute atomic E-state index is 0.135. The summed E-state index contributed by atoms with van der Waals surface area (Å²) in [6.45, 7) is 3.98. The van der Waals surface area contributed by atoms with Gasteiger partial charge in [-0.1, -0.05) is 15.9 Å². The van der Waals surface area contributed by atoms with Gasteiger partial charge in [0, 0.05) is 23.2 Å². The van der Waals surface area contributed by atoms with Gasteiger partial charge in [-0.2, -0.15) is 0 Å². The number of nitrogens with one attached hydrogen (secondary N) is 1. The van der Waals surface area contributed by atoms with Crippen LogP contribution < -0.4 is 5.32 Å². The second kappa shape index (κ2) is 7.15. The van der Waals surface area contributed by atoms with Crippen LogP contribution in [0, 0.1) is 16.0 Å². The Kier molecular flexibility index (Phi) is 5.51. The lowest BCUT2D eigenvalue weighted by Crippen LogP contribution is -2.34. The third kappa shape index (κ3) is 4.54. The smallest absolute Gasteiger partial charge is 0.270 e. The molecule has 1 saturated heterocycles. The van der Waals surface area contributed by atoms with E-state index in [1.807, 2.05) is 6.07 Å². The van der Waals surface area contributed by atoms with Crippen LogP contribution in [0.5, 0.6) is 0 Å². The molecule has 0 aromatic heterocycles. The summed E-state index contributed by atoms with van der Waals surface area (Å²) in [6.07, 6.45) is 2.45. The summed E-state index contributed by atoms with van der Waals surface area (Å²) < 4.78 is 0.753. The highest BCUT2D eigenvalue weighted by atomic mass is 79.9. The number of nitrogens with zero attached hydrogens (tertiary/aromatic N) is 2. The third-order valence-corrected chi connectivity index (χ3v) is 4.21. The summed E-state index contributed by atoms with van der Waals surface area (Å²) in [5, 5.41) is 14.2. The molecule has 0 spiro atoms. The summed E-state index contributed by atoms with van der Waals surface area (Å²) in [4.78, 5) is 12.8. The van der Waals surface area contributed by atoms with E-state index in [9.17, 15) is 10.1 Å². The average Bonchev–Trinajstić information content (AvgIpc) is 2.40. The zero-order chi connectivity index (χ0) is 14.5. The summed E-state index contributed by atoms with van der Waals surface area (Å²) in [5.74, 6) is 0.716. The molecule has 5 nitrogen and oxygen atoms in total. The van der Waals surface area contributed by atoms with Crippen molar-refractivity contribution >= 4 is 21.6 Å². The van der Waals surface area contributed by atoms with Gasteiger partial charge < -0.3 is 10.2 Å². The van der Waals surface area contributed by atoms with Crippen LogP contribution >= 0.6 is 15.9 Å². The lowest BCUT2D eigenvalue weighted by atomic mass is 9.97. The first kappa shape index (κ1) is 15.4. The maximum absolute atomic E-state index is 10.8. The Morgan fingerprint density at radius 2 is 2.10 bits per heavy atom. The lowest BCUT2D eigenvalue weighted by molar-refractivity contribution is -0.385. The van der Waals surface area contributed by atoms with Crippen LogP contribution in [-0.2, 0) is 6.54 Å². The van der Waals surface area contributed by atoms with Crippen LogP contribution in [0.2, 0.25) is 0 Å². The number of hydrogen-bond donors (Lipinski definition) is 1. The molecule has 110 valence electrons. The molecule has 6 heteroatoms. The Balaban J connectivity index is 1.83. The molecular formula is C14H20BrN3O2. The van der Waals surface area contributed by atoms with Crippen LogP contribution in [0.25, 0.3) is 0 Å². The van der Waals surface area contributed by atoms with Gasteiger partial charge in [-0.15, -0.1) is 0 Å². The predicted octanol–water partition coefficient (Wildman–Crippen LogP) is 2.79. The van der Waals surface area contributed by atoms with E-state index in [-0.39, 0.29) is 10.6 Å². The van der Waals surface area contributed by atoms with Crippen LogP contribution in [-0.4, -0.2) is 36.5 Å². The monoisotopic (exact) mass is 341 g/mol. The van der Waals surface area contributed by atoms with Crippen LogP contribution in [0.15, 0.2) is 22.7 Å². The molecule has 1 fully saturated rings. The van der Waals surface area contributed by atoms with Crippen molar-refractivity contribution in [2.75, 3.05) is 26.7 Å². The number of nitro groups is 1. The number of likely N-dealkylation sites (tertiary alicyclic amines) is 1. The summed E-state index contributed by atoms with van der Waals surface area (Å²) in [6, 6.07) is 5.08. The Morgan fingerprint density at radius 1 is 1.40 bits per heavy atom. The molecule has 1 heterocycles. The normalized spacial score (nSPS) is 17.3. The second-order valence-corrected chi connectivity index (χ2v) is 6.37. The molecule has 1 aromatic carbocycles. The fourth-order valence-corrected chi connectivity index (χ4v) is 3.06. The van der Waals surface area contributed by atoms with Crippen molar-refractivity contribution in [1.29, 1.82) is 0 Å². The van der Waals surface area contributed by atoms with Crippen molar-refractivity contribution in [1.82, 2.24) is 10.2 Å². The van der Waals surface area contributed by atoms with E-state index in [1.54, 1.807) is 6.07 Å². The van der Waals surface area contributed by atoms with Gasteiger partial charge in [0.1, 0.15) is 0 Å². The molecule has 0 amide bonds. The molecular weight excluding hydrogens is 322 g/mol. The highest BCUT2D eigenvalue weighted by Gasteiger charge is 2.16. The van der Waals surface area contributed by atoms with Crippen LogP contribution in [0.1, 0.15) is 18.4 Å². The van der Waals surface area contributed by atoms with Crippen molar-refractivity contribution in [3.05, 3.63) is 38.3 Å². The van der Waals surface area contributed by atoms with Crippen LogP contribution in [0.4, 0.5) is 5.69 Å². The molecule has 1 aromatic rings. The second-order valence-electron chi connectivity index (χ2n) is 5.45. The molecule has 0 bridgehead atoms. The molecule has 0 radical (unpaired) electrons. The van der Waals surface area contributed by atoms with Gasteiger partial charge in [0.2, 0.25) is 0 Å². The predicted molar refractivity (Wildman–Crippen MR) is 82.7 cm³/mol. The number of nitro benzene ring substituents is 1. The number of rotatable bonds is 5. The van der Waals surface area contributed by atoms with Gasteiger partial charge in [0.15, 0.2) is 0 Å². The first-order valence-electron chi connectivity index (χ1n) is 6.87. The molecule has 0 unspecified atom stereocenters. The first-order valence-corrected chi connectivity index (χ1v) is 7.67. The fraction of sp³-hybridized carbons (Fsp3) is 0.571. The molecule has 20 heavy (non-hydrogen) atoms. The molecule has 1 N–H and O–H groups in total. The molecule has 0 atom stereocenters. The van der Waals surface area contributed by atoms with E-state index < -0.39 is 0 Å². The van der Waals surface area contributed by atoms with Gasteiger partial charge in [-0.3, -0.25) is 10.1 Å². The maximum Gasteiger partial charge on any atom is 0.270 e. The summed E-state index contributed by atoms with van der Waals surface area (Å²) >= 11 is 3.32. The van der Waals surface area contributed by atoms with Crippen molar-refractivity contribution < 1.29 is 4.92 Å². The topological polar surface area (TPSA) is 58.4 Å². The number of non-ortho nitro benzene ring substituents is 1. The minimum Gasteiger partial charge on any atom is -0.312 e. The largest absolute Gasteiger partial charge is 0.312 e. The zero-order valence-electron chi connectivity index (χ0n) is 11.6. The van der Waals surface area contributed by atoms with Crippen molar-refractivity contribution in [3.63, 3.8) is 0 Å². The van der Waals surface area contributed by atoms with E-state index in [2.05, 4.69) is 33.2 Å². The molecule has 2 rings (SSSR count).